The molecule has 0 radical (unpaired) electrons. The van der Waals surface area contributed by atoms with Gasteiger partial charge < -0.3 is 10.2 Å². The van der Waals surface area contributed by atoms with Crippen LogP contribution in [0.5, 0.6) is 0 Å². The quantitative estimate of drug-likeness (QED) is 0.800. The molecule has 2 aliphatic rings. The zero-order valence-electron chi connectivity index (χ0n) is 10.9. The molecule has 2 aliphatic heterocycles. The molecule has 1 amide bonds. The Bertz CT molecular complexity index is 448. The maximum absolute atomic E-state index is 12.2. The molecule has 5 nitrogen and oxygen atoms in total. The van der Waals surface area contributed by atoms with Gasteiger partial charge in [-0.1, -0.05) is 0 Å². The summed E-state index contributed by atoms with van der Waals surface area (Å²) in [5.74, 6) is 0.629. The van der Waals surface area contributed by atoms with E-state index in [9.17, 15) is 4.79 Å². The van der Waals surface area contributed by atoms with Gasteiger partial charge in [-0.3, -0.25) is 9.48 Å². The van der Waals surface area contributed by atoms with Crippen molar-refractivity contribution in [1.29, 1.82) is 0 Å². The first-order valence-corrected chi connectivity index (χ1v) is 6.79. The standard InChI is InChI=1S/C13H20N4O/c1-16-7-2-8-17-12(13(16)18)9-11(15-17)10-3-5-14-6-4-10/h9-10,14H,2-8H2,1H3. The molecule has 1 saturated heterocycles. The van der Waals surface area contributed by atoms with Gasteiger partial charge >= 0.3 is 0 Å². The largest absolute Gasteiger partial charge is 0.340 e. The van der Waals surface area contributed by atoms with Gasteiger partial charge in [-0.05, 0) is 38.4 Å². The van der Waals surface area contributed by atoms with Crippen LogP contribution in [0.2, 0.25) is 0 Å². The fourth-order valence-electron chi connectivity index (χ4n) is 2.85. The molecular formula is C13H20N4O. The summed E-state index contributed by atoms with van der Waals surface area (Å²) < 4.78 is 1.91. The minimum atomic E-state index is 0.111. The number of rotatable bonds is 1. The summed E-state index contributed by atoms with van der Waals surface area (Å²) >= 11 is 0. The van der Waals surface area contributed by atoms with Gasteiger partial charge in [0.2, 0.25) is 0 Å². The van der Waals surface area contributed by atoms with Gasteiger partial charge in [0.15, 0.2) is 0 Å². The minimum Gasteiger partial charge on any atom is -0.340 e. The highest BCUT2D eigenvalue weighted by molar-refractivity contribution is 5.92. The zero-order chi connectivity index (χ0) is 12.5. The van der Waals surface area contributed by atoms with Crippen LogP contribution in [-0.2, 0) is 6.54 Å². The summed E-state index contributed by atoms with van der Waals surface area (Å²) in [4.78, 5) is 14.0. The highest BCUT2D eigenvalue weighted by Crippen LogP contribution is 2.25. The number of nitrogens with zero attached hydrogens (tertiary/aromatic N) is 3. The maximum Gasteiger partial charge on any atom is 0.271 e. The van der Waals surface area contributed by atoms with Crippen molar-refractivity contribution in [2.75, 3.05) is 26.7 Å². The lowest BCUT2D eigenvalue weighted by atomic mass is 9.94. The Labute approximate surface area is 107 Å². The second-order valence-electron chi connectivity index (χ2n) is 5.28. The molecule has 0 atom stereocenters. The number of piperidine rings is 1. The molecule has 0 aromatic carbocycles. The summed E-state index contributed by atoms with van der Waals surface area (Å²) in [7, 11) is 1.87. The van der Waals surface area contributed by atoms with E-state index in [0.717, 1.165) is 56.8 Å². The SMILES string of the molecule is CN1CCCn2nc(C3CCNCC3)cc2C1=O. The van der Waals surface area contributed by atoms with Crippen LogP contribution < -0.4 is 5.32 Å². The monoisotopic (exact) mass is 248 g/mol. The third kappa shape index (κ3) is 2.03. The van der Waals surface area contributed by atoms with Gasteiger partial charge in [-0.2, -0.15) is 5.10 Å². The van der Waals surface area contributed by atoms with E-state index in [1.54, 1.807) is 4.90 Å². The van der Waals surface area contributed by atoms with Crippen molar-refractivity contribution in [3.05, 3.63) is 17.5 Å². The van der Waals surface area contributed by atoms with Gasteiger partial charge in [-0.25, -0.2) is 0 Å². The molecule has 3 rings (SSSR count). The number of nitrogens with one attached hydrogen (secondary N) is 1. The Balaban J connectivity index is 1.88. The molecule has 0 unspecified atom stereocenters. The number of carbonyl (C=O) groups is 1. The van der Waals surface area contributed by atoms with Crippen molar-refractivity contribution in [2.24, 2.45) is 0 Å². The van der Waals surface area contributed by atoms with Gasteiger partial charge in [0.1, 0.15) is 5.69 Å². The first kappa shape index (κ1) is 11.7. The summed E-state index contributed by atoms with van der Waals surface area (Å²) in [5.41, 5.74) is 1.87. The first-order chi connectivity index (χ1) is 8.75. The van der Waals surface area contributed by atoms with E-state index in [0.29, 0.717) is 5.92 Å². The first-order valence-electron chi connectivity index (χ1n) is 6.79. The molecule has 18 heavy (non-hydrogen) atoms. The summed E-state index contributed by atoms with van der Waals surface area (Å²) in [6.45, 7) is 3.79. The zero-order valence-corrected chi connectivity index (χ0v) is 10.9. The number of hydrogen-bond acceptors (Lipinski definition) is 3. The molecule has 0 spiro atoms. The number of carbonyl (C=O) groups excluding carboxylic acids is 1. The van der Waals surface area contributed by atoms with Gasteiger partial charge in [-0.15, -0.1) is 0 Å². The predicted molar refractivity (Wildman–Crippen MR) is 68.6 cm³/mol. The van der Waals surface area contributed by atoms with Gasteiger partial charge in [0.05, 0.1) is 5.69 Å². The van der Waals surface area contributed by atoms with Crippen molar-refractivity contribution < 1.29 is 4.79 Å². The highest BCUT2D eigenvalue weighted by Gasteiger charge is 2.25. The topological polar surface area (TPSA) is 50.2 Å². The van der Waals surface area contributed by atoms with E-state index in [1.165, 1.54) is 0 Å². The molecular weight excluding hydrogens is 228 g/mol. The minimum absolute atomic E-state index is 0.111. The fraction of sp³-hybridized carbons (Fsp3) is 0.692. The molecule has 1 aromatic heterocycles. The number of amides is 1. The molecule has 3 heterocycles. The van der Waals surface area contributed by atoms with Crippen LogP contribution in [0.4, 0.5) is 0 Å². The fourth-order valence-corrected chi connectivity index (χ4v) is 2.85. The van der Waals surface area contributed by atoms with Crippen molar-refractivity contribution in [2.45, 2.75) is 31.7 Å². The molecule has 1 aromatic rings. The Kier molecular flexibility index (Phi) is 3.07. The average molecular weight is 248 g/mol. The third-order valence-electron chi connectivity index (χ3n) is 3.99. The van der Waals surface area contributed by atoms with Crippen molar-refractivity contribution >= 4 is 5.91 Å². The second-order valence-corrected chi connectivity index (χ2v) is 5.28. The van der Waals surface area contributed by atoms with Crippen molar-refractivity contribution in [3.8, 4) is 0 Å². The number of hydrogen-bond donors (Lipinski definition) is 1. The lowest BCUT2D eigenvalue weighted by molar-refractivity contribution is 0.0796. The van der Waals surface area contributed by atoms with Crippen molar-refractivity contribution in [1.82, 2.24) is 20.0 Å². The Hall–Kier alpha value is -1.36. The number of aromatic nitrogens is 2. The number of aryl methyl sites for hydroxylation is 1. The van der Waals surface area contributed by atoms with Crippen LogP contribution in [0.15, 0.2) is 6.07 Å². The summed E-state index contributed by atoms with van der Waals surface area (Å²) in [6.07, 6.45) is 3.24. The molecule has 1 N–H and O–H groups in total. The lowest BCUT2D eigenvalue weighted by Crippen LogP contribution is -2.27. The van der Waals surface area contributed by atoms with E-state index in [-0.39, 0.29) is 5.91 Å². The van der Waals surface area contributed by atoms with E-state index in [2.05, 4.69) is 10.4 Å². The van der Waals surface area contributed by atoms with E-state index < -0.39 is 0 Å². The maximum atomic E-state index is 12.2. The molecule has 0 saturated carbocycles. The molecule has 1 fully saturated rings. The smallest absolute Gasteiger partial charge is 0.271 e. The Morgan fingerprint density at radius 2 is 2.11 bits per heavy atom. The van der Waals surface area contributed by atoms with Crippen molar-refractivity contribution in [3.63, 3.8) is 0 Å². The lowest BCUT2D eigenvalue weighted by Gasteiger charge is -2.20. The van der Waals surface area contributed by atoms with Crippen LogP contribution in [0.1, 0.15) is 41.4 Å². The van der Waals surface area contributed by atoms with Crippen LogP contribution >= 0.6 is 0 Å². The second kappa shape index (κ2) is 4.72. The third-order valence-corrected chi connectivity index (χ3v) is 3.99. The Morgan fingerprint density at radius 3 is 2.89 bits per heavy atom. The highest BCUT2D eigenvalue weighted by atomic mass is 16.2. The molecule has 0 aliphatic carbocycles. The van der Waals surface area contributed by atoms with Crippen LogP contribution in [0, 0.1) is 0 Å². The average Bonchev–Trinajstić information content (AvgIpc) is 2.78. The summed E-state index contributed by atoms with van der Waals surface area (Å²) in [6, 6.07) is 2.01. The normalized spacial score (nSPS) is 21.8. The molecule has 0 bridgehead atoms. The summed E-state index contributed by atoms with van der Waals surface area (Å²) in [5, 5.41) is 8.02. The molecule has 98 valence electrons. The van der Waals surface area contributed by atoms with Gasteiger partial charge in [0.25, 0.3) is 5.91 Å². The number of fused-ring (bicyclic) bond motifs is 1. The molecule has 5 heteroatoms. The van der Waals surface area contributed by atoms with Crippen LogP contribution in [0.25, 0.3) is 0 Å². The predicted octanol–water partition coefficient (Wildman–Crippen LogP) is 0.826. The van der Waals surface area contributed by atoms with E-state index >= 15 is 0 Å². The van der Waals surface area contributed by atoms with Crippen LogP contribution in [-0.4, -0.2) is 47.3 Å². The Morgan fingerprint density at radius 1 is 1.33 bits per heavy atom. The van der Waals surface area contributed by atoms with E-state index in [1.807, 2.05) is 17.8 Å². The van der Waals surface area contributed by atoms with Gasteiger partial charge in [0, 0.05) is 26.1 Å². The van der Waals surface area contributed by atoms with E-state index in [4.69, 9.17) is 0 Å². The van der Waals surface area contributed by atoms with Crippen LogP contribution in [0.3, 0.4) is 0 Å².